The molecular weight excluding hydrogens is 180 g/mol. The van der Waals surface area contributed by atoms with E-state index >= 15 is 0 Å². The second kappa shape index (κ2) is 4.65. The molecule has 0 spiro atoms. The fraction of sp³-hybridized carbons (Fsp3) is 0.364. The molecule has 1 aromatic carbocycles. The third kappa shape index (κ3) is 2.25. The van der Waals surface area contributed by atoms with Crippen LogP contribution in [0, 0.1) is 0 Å². The first-order valence-corrected chi connectivity index (χ1v) is 4.59. The molecule has 3 nitrogen and oxygen atoms in total. The van der Waals surface area contributed by atoms with Crippen molar-refractivity contribution in [2.45, 2.75) is 19.8 Å². The predicted octanol–water partition coefficient (Wildman–Crippen LogP) is 2.38. The van der Waals surface area contributed by atoms with Crippen LogP contribution >= 0.6 is 0 Å². The van der Waals surface area contributed by atoms with E-state index in [2.05, 4.69) is 0 Å². The summed E-state index contributed by atoms with van der Waals surface area (Å²) < 4.78 is 4.91. The molecule has 0 saturated heterocycles. The fourth-order valence-corrected chi connectivity index (χ4v) is 1.22. The minimum atomic E-state index is 0.0561. The van der Waals surface area contributed by atoms with Crippen molar-refractivity contribution in [3.8, 4) is 11.5 Å². The summed E-state index contributed by atoms with van der Waals surface area (Å²) in [6, 6.07) is 4.64. The molecule has 0 heterocycles. The quantitative estimate of drug-likeness (QED) is 0.748. The van der Waals surface area contributed by atoms with E-state index in [4.69, 9.17) is 4.74 Å². The van der Waals surface area contributed by atoms with E-state index in [0.717, 1.165) is 6.42 Å². The van der Waals surface area contributed by atoms with Crippen LogP contribution in [0.25, 0.3) is 0 Å². The number of Topliss-reactive ketones (excluding diaryl/α,β-unsaturated/α-hetero) is 1. The number of aromatic hydroxyl groups is 1. The molecule has 0 unspecified atom stereocenters. The first-order chi connectivity index (χ1) is 6.69. The van der Waals surface area contributed by atoms with E-state index in [1.54, 1.807) is 12.1 Å². The van der Waals surface area contributed by atoms with Crippen molar-refractivity contribution in [2.24, 2.45) is 0 Å². The molecule has 0 atom stereocenters. The number of benzene rings is 1. The second-order valence-electron chi connectivity index (χ2n) is 3.06. The number of rotatable bonds is 4. The van der Waals surface area contributed by atoms with E-state index in [1.807, 2.05) is 6.92 Å². The summed E-state index contributed by atoms with van der Waals surface area (Å²) in [5.74, 6) is 0.471. The number of ether oxygens (including phenoxy) is 1. The Morgan fingerprint density at radius 2 is 2.21 bits per heavy atom. The number of ketones is 1. The molecule has 0 fully saturated rings. The summed E-state index contributed by atoms with van der Waals surface area (Å²) in [7, 11) is 1.46. The highest BCUT2D eigenvalue weighted by Crippen LogP contribution is 2.26. The lowest BCUT2D eigenvalue weighted by Crippen LogP contribution is -1.98. The molecule has 0 bridgehead atoms. The van der Waals surface area contributed by atoms with Crippen LogP contribution in [0.5, 0.6) is 11.5 Å². The average Bonchev–Trinajstić information content (AvgIpc) is 2.19. The number of hydrogen-bond donors (Lipinski definition) is 1. The monoisotopic (exact) mass is 194 g/mol. The average molecular weight is 194 g/mol. The standard InChI is InChI=1S/C11H14O3/c1-3-4-9(12)8-5-6-10(13)11(7-8)14-2/h5-7,13H,3-4H2,1-2H3. The van der Waals surface area contributed by atoms with Crippen molar-refractivity contribution in [2.75, 3.05) is 7.11 Å². The topological polar surface area (TPSA) is 46.5 Å². The highest BCUT2D eigenvalue weighted by Gasteiger charge is 2.08. The lowest BCUT2D eigenvalue weighted by atomic mass is 10.1. The van der Waals surface area contributed by atoms with Gasteiger partial charge in [-0.05, 0) is 24.6 Å². The summed E-state index contributed by atoms with van der Waals surface area (Å²) in [6.45, 7) is 1.95. The van der Waals surface area contributed by atoms with Gasteiger partial charge in [-0.3, -0.25) is 4.79 Å². The Bertz CT molecular complexity index is 331. The van der Waals surface area contributed by atoms with Crippen molar-refractivity contribution < 1.29 is 14.6 Å². The Morgan fingerprint density at radius 3 is 2.79 bits per heavy atom. The minimum absolute atomic E-state index is 0.0561. The van der Waals surface area contributed by atoms with Crippen LogP contribution < -0.4 is 4.74 Å². The van der Waals surface area contributed by atoms with Crippen molar-refractivity contribution in [1.29, 1.82) is 0 Å². The van der Waals surface area contributed by atoms with E-state index in [0.29, 0.717) is 17.7 Å². The third-order valence-corrected chi connectivity index (χ3v) is 1.98. The van der Waals surface area contributed by atoms with Gasteiger partial charge in [0.1, 0.15) is 0 Å². The maximum atomic E-state index is 11.5. The Labute approximate surface area is 83.3 Å². The SMILES string of the molecule is CCCC(=O)c1ccc(O)c(OC)c1. The Kier molecular flexibility index (Phi) is 3.51. The highest BCUT2D eigenvalue weighted by molar-refractivity contribution is 5.96. The maximum absolute atomic E-state index is 11.5. The number of carbonyl (C=O) groups excluding carboxylic acids is 1. The largest absolute Gasteiger partial charge is 0.504 e. The maximum Gasteiger partial charge on any atom is 0.163 e. The number of phenols is 1. The van der Waals surface area contributed by atoms with Gasteiger partial charge in [-0.15, -0.1) is 0 Å². The normalized spacial score (nSPS) is 9.86. The summed E-state index contributed by atoms with van der Waals surface area (Å²) in [6.07, 6.45) is 1.34. The number of carbonyl (C=O) groups is 1. The van der Waals surface area contributed by atoms with Gasteiger partial charge < -0.3 is 9.84 Å². The predicted molar refractivity (Wildman–Crippen MR) is 53.9 cm³/mol. The molecule has 14 heavy (non-hydrogen) atoms. The van der Waals surface area contributed by atoms with Crippen LogP contribution in [0.3, 0.4) is 0 Å². The van der Waals surface area contributed by atoms with Crippen molar-refractivity contribution in [1.82, 2.24) is 0 Å². The van der Waals surface area contributed by atoms with Crippen molar-refractivity contribution >= 4 is 5.78 Å². The van der Waals surface area contributed by atoms with Gasteiger partial charge in [0.15, 0.2) is 17.3 Å². The summed E-state index contributed by atoms with van der Waals surface area (Å²) in [5.41, 5.74) is 0.585. The molecule has 0 aromatic heterocycles. The van der Waals surface area contributed by atoms with Crippen LogP contribution in [0.2, 0.25) is 0 Å². The molecule has 0 aliphatic carbocycles. The van der Waals surface area contributed by atoms with Gasteiger partial charge in [0.2, 0.25) is 0 Å². The van der Waals surface area contributed by atoms with E-state index in [9.17, 15) is 9.90 Å². The Morgan fingerprint density at radius 1 is 1.50 bits per heavy atom. The van der Waals surface area contributed by atoms with Crippen molar-refractivity contribution in [3.63, 3.8) is 0 Å². The summed E-state index contributed by atoms with van der Waals surface area (Å²) >= 11 is 0. The molecule has 0 radical (unpaired) electrons. The smallest absolute Gasteiger partial charge is 0.163 e. The Hall–Kier alpha value is -1.51. The second-order valence-corrected chi connectivity index (χ2v) is 3.06. The zero-order chi connectivity index (χ0) is 10.6. The number of methoxy groups -OCH3 is 1. The molecule has 76 valence electrons. The molecule has 0 aliphatic rings. The minimum Gasteiger partial charge on any atom is -0.504 e. The van der Waals surface area contributed by atoms with Gasteiger partial charge in [0.05, 0.1) is 7.11 Å². The molecule has 0 saturated carbocycles. The van der Waals surface area contributed by atoms with Crippen LogP contribution in [0.15, 0.2) is 18.2 Å². The zero-order valence-electron chi connectivity index (χ0n) is 8.41. The van der Waals surface area contributed by atoms with Crippen molar-refractivity contribution in [3.05, 3.63) is 23.8 Å². The van der Waals surface area contributed by atoms with Gasteiger partial charge in [-0.1, -0.05) is 6.92 Å². The van der Waals surface area contributed by atoms with Gasteiger partial charge in [0, 0.05) is 12.0 Å². The third-order valence-electron chi connectivity index (χ3n) is 1.98. The van der Waals surface area contributed by atoms with E-state index in [1.165, 1.54) is 13.2 Å². The summed E-state index contributed by atoms with van der Waals surface area (Å²) in [5, 5.41) is 9.31. The van der Waals surface area contributed by atoms with Gasteiger partial charge >= 0.3 is 0 Å². The summed E-state index contributed by atoms with van der Waals surface area (Å²) in [4.78, 5) is 11.5. The fourth-order valence-electron chi connectivity index (χ4n) is 1.22. The molecular formula is C11H14O3. The molecule has 0 aliphatic heterocycles. The van der Waals surface area contributed by atoms with Crippen LogP contribution in [0.4, 0.5) is 0 Å². The molecule has 0 amide bonds. The Balaban J connectivity index is 2.94. The lowest BCUT2D eigenvalue weighted by Gasteiger charge is -2.05. The van der Waals surface area contributed by atoms with Crippen LogP contribution in [-0.2, 0) is 0 Å². The zero-order valence-corrected chi connectivity index (χ0v) is 8.41. The van der Waals surface area contributed by atoms with Crippen LogP contribution in [0.1, 0.15) is 30.1 Å². The van der Waals surface area contributed by atoms with Gasteiger partial charge in [0.25, 0.3) is 0 Å². The molecule has 1 aromatic rings. The molecule has 1 N–H and O–H groups in total. The highest BCUT2D eigenvalue weighted by atomic mass is 16.5. The number of hydrogen-bond acceptors (Lipinski definition) is 3. The van der Waals surface area contributed by atoms with Gasteiger partial charge in [-0.2, -0.15) is 0 Å². The number of phenolic OH excluding ortho intramolecular Hbond substituents is 1. The molecule has 3 heteroatoms. The first kappa shape index (κ1) is 10.6. The van der Waals surface area contributed by atoms with Gasteiger partial charge in [-0.25, -0.2) is 0 Å². The van der Waals surface area contributed by atoms with E-state index in [-0.39, 0.29) is 11.5 Å². The molecule has 1 rings (SSSR count). The van der Waals surface area contributed by atoms with E-state index < -0.39 is 0 Å². The van der Waals surface area contributed by atoms with Crippen LogP contribution in [-0.4, -0.2) is 18.0 Å². The lowest BCUT2D eigenvalue weighted by molar-refractivity contribution is 0.0981. The first-order valence-electron chi connectivity index (χ1n) is 4.59.